The monoisotopic (exact) mass is 574 g/mol. The summed E-state index contributed by atoms with van der Waals surface area (Å²) in [5, 5.41) is 35.2. The number of aliphatic hydroxyl groups is 2. The van der Waals surface area contributed by atoms with Gasteiger partial charge in [-0.3, -0.25) is 0 Å². The Hall–Kier alpha value is -3.14. The summed E-state index contributed by atoms with van der Waals surface area (Å²) in [5.41, 5.74) is 0.697. The number of nitrogens with one attached hydrogen (secondary N) is 2. The second-order valence-corrected chi connectivity index (χ2v) is 12.1. The van der Waals surface area contributed by atoms with Crippen LogP contribution in [0, 0.1) is 40.4 Å². The van der Waals surface area contributed by atoms with E-state index in [1.165, 1.54) is 37.2 Å². The van der Waals surface area contributed by atoms with E-state index >= 15 is 0 Å². The van der Waals surface area contributed by atoms with Crippen molar-refractivity contribution in [1.82, 2.24) is 14.9 Å². The smallest absolute Gasteiger partial charge is 0.405 e. The van der Waals surface area contributed by atoms with Crippen molar-refractivity contribution in [2.75, 3.05) is 44.0 Å². The molecule has 4 aliphatic carbocycles. The third-order valence-corrected chi connectivity index (χ3v) is 9.10. The molecule has 0 saturated heterocycles. The second kappa shape index (κ2) is 12.0. The maximum atomic E-state index is 12.8. The first-order valence-electron chi connectivity index (χ1n) is 14.1. The van der Waals surface area contributed by atoms with Crippen LogP contribution in [0.2, 0.25) is 0 Å². The van der Waals surface area contributed by atoms with E-state index in [4.69, 9.17) is 0 Å². The molecule has 4 N–H and O–H groups in total. The molecule has 0 amide bonds. The lowest BCUT2D eigenvalue weighted by Crippen LogP contribution is -2.60. The Morgan fingerprint density at radius 2 is 1.85 bits per heavy atom. The summed E-state index contributed by atoms with van der Waals surface area (Å²) in [5.74, 6) is 1.93. The Morgan fingerprint density at radius 3 is 2.51 bits per heavy atom. The molecule has 222 valence electrons. The molecule has 4 fully saturated rings. The molecule has 4 bridgehead atoms. The average molecular weight is 575 g/mol. The molecule has 0 radical (unpaired) electrons. The number of hydrogen-bond acceptors (Lipinski definition) is 9. The van der Waals surface area contributed by atoms with E-state index in [0.29, 0.717) is 53.8 Å². The van der Waals surface area contributed by atoms with Crippen LogP contribution in [0.25, 0.3) is 0 Å². The topological polar surface area (TPSA) is 127 Å². The number of rotatable bonds is 12. The van der Waals surface area contributed by atoms with Gasteiger partial charge in [0.25, 0.3) is 0 Å². The van der Waals surface area contributed by atoms with Crippen LogP contribution in [0.15, 0.2) is 30.5 Å². The van der Waals surface area contributed by atoms with Crippen molar-refractivity contribution in [2.24, 2.45) is 29.1 Å². The van der Waals surface area contributed by atoms with E-state index < -0.39 is 6.36 Å². The number of halogens is 3. The summed E-state index contributed by atoms with van der Waals surface area (Å²) in [6, 6.07) is 8.45. The van der Waals surface area contributed by atoms with Crippen molar-refractivity contribution in [3.63, 3.8) is 0 Å². The summed E-state index contributed by atoms with van der Waals surface area (Å²) < 4.78 is 42.5. The van der Waals surface area contributed by atoms with E-state index in [1.54, 1.807) is 6.07 Å². The molecule has 2 aromatic rings. The van der Waals surface area contributed by atoms with Gasteiger partial charge < -0.3 is 30.5 Å². The maximum Gasteiger partial charge on any atom is 0.573 e. The van der Waals surface area contributed by atoms with Crippen LogP contribution in [0.3, 0.4) is 0 Å². The number of nitriles is 1. The van der Waals surface area contributed by atoms with E-state index in [2.05, 4.69) is 43.4 Å². The molecule has 41 heavy (non-hydrogen) atoms. The highest BCUT2D eigenvalue weighted by Crippen LogP contribution is 2.61. The van der Waals surface area contributed by atoms with Crippen LogP contribution in [0.5, 0.6) is 5.75 Å². The van der Waals surface area contributed by atoms with Crippen LogP contribution in [0.4, 0.5) is 24.9 Å². The zero-order valence-electron chi connectivity index (χ0n) is 23.1. The molecule has 1 aromatic carbocycles. The first kappa shape index (κ1) is 29.4. The van der Waals surface area contributed by atoms with Crippen LogP contribution in [0.1, 0.15) is 43.2 Å². The fourth-order valence-electron chi connectivity index (χ4n) is 7.81. The molecular formula is C29H37F3N6O3. The highest BCUT2D eigenvalue weighted by Gasteiger charge is 2.56. The van der Waals surface area contributed by atoms with E-state index in [9.17, 15) is 28.6 Å². The lowest BCUT2D eigenvalue weighted by atomic mass is 9.47. The standard InChI is InChI=1S/C29H37F3N6O3/c1-38(14-19(15-39)16-40)25-21-6-18-7-22(25)10-28(8-18,9-21)17-36-26-23(11-33)13-35-27(37-26)34-12-20-4-2-3-5-24(20)41-29(30,31)32/h2-5,13,18-19,21-22,25,39-40H,6-10,12,14-17H2,1H3,(H2,34,35,36,37)/t18?,21-,22+,25?,28?. The van der Waals surface area contributed by atoms with Gasteiger partial charge in [0.05, 0.1) is 6.20 Å². The van der Waals surface area contributed by atoms with Gasteiger partial charge in [-0.2, -0.15) is 10.2 Å². The van der Waals surface area contributed by atoms with E-state index in [1.807, 2.05) is 0 Å². The Kier molecular flexibility index (Phi) is 8.59. The Labute approximate surface area is 237 Å². The number of alkyl halides is 3. The zero-order valence-corrected chi connectivity index (χ0v) is 23.1. The predicted octanol–water partition coefficient (Wildman–Crippen LogP) is 4.00. The second-order valence-electron chi connectivity index (χ2n) is 12.1. The molecule has 5 atom stereocenters. The van der Waals surface area contributed by atoms with Gasteiger partial charge >= 0.3 is 6.36 Å². The first-order chi connectivity index (χ1) is 19.6. The lowest BCUT2D eigenvalue weighted by molar-refractivity contribution is -0.274. The quantitative estimate of drug-likeness (QED) is 0.298. The van der Waals surface area contributed by atoms with Gasteiger partial charge in [-0.05, 0) is 68.4 Å². The van der Waals surface area contributed by atoms with Gasteiger partial charge in [-0.1, -0.05) is 18.2 Å². The summed E-state index contributed by atoms with van der Waals surface area (Å²) in [4.78, 5) is 11.0. The van der Waals surface area contributed by atoms with Crippen molar-refractivity contribution in [3.05, 3.63) is 41.6 Å². The largest absolute Gasteiger partial charge is 0.573 e. The molecule has 1 aromatic heterocycles. The van der Waals surface area contributed by atoms with Crippen molar-refractivity contribution in [3.8, 4) is 11.8 Å². The Morgan fingerprint density at radius 1 is 1.15 bits per heavy atom. The first-order valence-corrected chi connectivity index (χ1v) is 14.1. The molecule has 4 aliphatic rings. The third kappa shape index (κ3) is 6.68. The number of ether oxygens (including phenoxy) is 1. The molecule has 0 spiro atoms. The van der Waals surface area contributed by atoms with Crippen LogP contribution < -0.4 is 15.4 Å². The molecule has 1 heterocycles. The minimum atomic E-state index is -4.80. The van der Waals surface area contributed by atoms with Crippen molar-refractivity contribution < 1.29 is 28.1 Å². The van der Waals surface area contributed by atoms with Crippen LogP contribution in [-0.2, 0) is 6.54 Å². The molecule has 4 saturated carbocycles. The number of aromatic nitrogens is 2. The van der Waals surface area contributed by atoms with Gasteiger partial charge in [0.15, 0.2) is 0 Å². The van der Waals surface area contributed by atoms with Gasteiger partial charge in [-0.25, -0.2) is 4.98 Å². The number of para-hydroxylation sites is 1. The highest BCUT2D eigenvalue weighted by molar-refractivity contribution is 5.53. The van der Waals surface area contributed by atoms with Crippen molar-refractivity contribution >= 4 is 11.8 Å². The normalized spacial score (nSPS) is 26.8. The Balaban J connectivity index is 1.25. The Bertz CT molecular complexity index is 1240. The number of anilines is 2. The summed E-state index contributed by atoms with van der Waals surface area (Å²) >= 11 is 0. The predicted molar refractivity (Wildman–Crippen MR) is 146 cm³/mol. The number of hydrogen-bond donors (Lipinski definition) is 4. The number of benzene rings is 1. The van der Waals surface area contributed by atoms with Gasteiger partial charge in [0.1, 0.15) is 23.2 Å². The summed E-state index contributed by atoms with van der Waals surface area (Å²) in [6.07, 6.45) is 2.28. The minimum absolute atomic E-state index is 0.00883. The van der Waals surface area contributed by atoms with Crippen molar-refractivity contribution in [1.29, 1.82) is 5.26 Å². The van der Waals surface area contributed by atoms with Gasteiger partial charge in [0.2, 0.25) is 5.95 Å². The SMILES string of the molecule is CN(CC(CO)CO)C1[C@@H]2CC3C[C@H]1CC(CNc1nc(NCc4ccccc4OC(F)(F)F)ncc1C#N)(C3)C2. The number of aliphatic hydroxyl groups excluding tert-OH is 2. The summed E-state index contributed by atoms with van der Waals surface area (Å²) in [7, 11) is 2.11. The molecule has 0 aliphatic heterocycles. The highest BCUT2D eigenvalue weighted by atomic mass is 19.4. The van der Waals surface area contributed by atoms with Crippen LogP contribution >= 0.6 is 0 Å². The minimum Gasteiger partial charge on any atom is -0.405 e. The van der Waals surface area contributed by atoms with E-state index in [0.717, 1.165) is 19.3 Å². The molecule has 3 unspecified atom stereocenters. The molecule has 9 nitrogen and oxygen atoms in total. The van der Waals surface area contributed by atoms with Crippen LogP contribution in [-0.4, -0.2) is 70.8 Å². The lowest BCUT2D eigenvalue weighted by Gasteiger charge is -2.62. The third-order valence-electron chi connectivity index (χ3n) is 9.10. The molecular weight excluding hydrogens is 537 g/mol. The molecule has 12 heteroatoms. The van der Waals surface area contributed by atoms with Gasteiger partial charge in [0, 0.05) is 50.4 Å². The fraction of sp³-hybridized carbons (Fsp3) is 0.621. The van der Waals surface area contributed by atoms with Crippen molar-refractivity contribution in [2.45, 2.75) is 51.1 Å². The van der Waals surface area contributed by atoms with Gasteiger partial charge in [-0.15, -0.1) is 13.2 Å². The molecule has 6 rings (SSSR count). The summed E-state index contributed by atoms with van der Waals surface area (Å²) in [6.45, 7) is 1.31. The van der Waals surface area contributed by atoms with E-state index in [-0.39, 0.29) is 42.8 Å². The fourth-order valence-corrected chi connectivity index (χ4v) is 7.81. The number of nitrogens with zero attached hydrogens (tertiary/aromatic N) is 4. The zero-order chi connectivity index (χ0) is 29.2. The maximum absolute atomic E-state index is 12.8. The average Bonchev–Trinajstić information content (AvgIpc) is 2.93.